The normalized spacial score (nSPS) is 13.3. The number of nitrogens with zero attached hydrogens (tertiary/aromatic N) is 2. The van der Waals surface area contributed by atoms with E-state index in [0.29, 0.717) is 18.9 Å². The molecule has 27 heavy (non-hydrogen) atoms. The number of hydrogen-bond acceptors (Lipinski definition) is 4. The van der Waals surface area contributed by atoms with Crippen LogP contribution in [0.1, 0.15) is 23.1 Å². The molecule has 3 aromatic rings. The average molecular weight is 383 g/mol. The van der Waals surface area contributed by atoms with Crippen LogP contribution in [0.25, 0.3) is 0 Å². The molecule has 3 rings (SSSR count). The van der Waals surface area contributed by atoms with Crippen LogP contribution >= 0.6 is 11.3 Å². The summed E-state index contributed by atoms with van der Waals surface area (Å²) in [4.78, 5) is 18.0. The Balaban J connectivity index is 1.44. The summed E-state index contributed by atoms with van der Waals surface area (Å²) in [6, 6.07) is 13.8. The van der Waals surface area contributed by atoms with Gasteiger partial charge in [0.2, 0.25) is 5.91 Å². The largest absolute Gasteiger partial charge is 0.354 e. The smallest absolute Gasteiger partial charge is 0.237 e. The van der Waals surface area contributed by atoms with Gasteiger partial charge in [-0.3, -0.25) is 4.79 Å². The summed E-state index contributed by atoms with van der Waals surface area (Å²) in [7, 11) is 0. The first-order chi connectivity index (χ1) is 13.1. The summed E-state index contributed by atoms with van der Waals surface area (Å²) in [5.74, 6) is 0.260. The van der Waals surface area contributed by atoms with E-state index in [9.17, 15) is 4.79 Å². The maximum atomic E-state index is 12.3. The van der Waals surface area contributed by atoms with E-state index >= 15 is 0 Å². The first kappa shape index (κ1) is 19.3. The zero-order valence-electron chi connectivity index (χ0n) is 15.5. The third kappa shape index (κ3) is 6.05. The van der Waals surface area contributed by atoms with Crippen LogP contribution < -0.4 is 11.1 Å². The van der Waals surface area contributed by atoms with E-state index in [2.05, 4.69) is 46.9 Å². The molecule has 1 aromatic carbocycles. The fraction of sp³-hybridized carbons (Fsp3) is 0.333. The number of imidazole rings is 1. The first-order valence-electron chi connectivity index (χ1n) is 9.20. The molecule has 6 heteroatoms. The number of nitrogens with one attached hydrogen (secondary N) is 1. The molecule has 2 heterocycles. The van der Waals surface area contributed by atoms with E-state index in [1.165, 1.54) is 10.4 Å². The van der Waals surface area contributed by atoms with Crippen molar-refractivity contribution in [2.75, 3.05) is 6.54 Å². The average Bonchev–Trinajstić information content (AvgIpc) is 3.32. The third-order valence-corrected chi connectivity index (χ3v) is 5.31. The van der Waals surface area contributed by atoms with Gasteiger partial charge in [-0.15, -0.1) is 11.3 Å². The monoisotopic (exact) mass is 382 g/mol. The van der Waals surface area contributed by atoms with E-state index in [4.69, 9.17) is 5.73 Å². The molecular weight excluding hydrogens is 356 g/mol. The van der Waals surface area contributed by atoms with Crippen molar-refractivity contribution >= 4 is 17.2 Å². The highest BCUT2D eigenvalue weighted by atomic mass is 32.1. The van der Waals surface area contributed by atoms with E-state index in [1.807, 2.05) is 29.0 Å². The van der Waals surface area contributed by atoms with Gasteiger partial charge in [0.1, 0.15) is 0 Å². The van der Waals surface area contributed by atoms with Gasteiger partial charge in [-0.2, -0.15) is 0 Å². The number of nitrogens with two attached hydrogens (primary N) is 1. The number of aromatic nitrogens is 2. The second kappa shape index (κ2) is 9.48. The Morgan fingerprint density at radius 3 is 2.78 bits per heavy atom. The van der Waals surface area contributed by atoms with E-state index in [1.54, 1.807) is 17.7 Å². The molecule has 0 saturated heterocycles. The number of amides is 1. The molecule has 5 nitrogen and oxygen atoms in total. The van der Waals surface area contributed by atoms with Crippen molar-refractivity contribution in [3.8, 4) is 0 Å². The summed E-state index contributed by atoms with van der Waals surface area (Å²) >= 11 is 1.75. The van der Waals surface area contributed by atoms with Gasteiger partial charge >= 0.3 is 0 Å². The lowest BCUT2D eigenvalue weighted by Gasteiger charge is -2.15. The second-order valence-electron chi connectivity index (χ2n) is 6.97. The predicted octanol–water partition coefficient (Wildman–Crippen LogP) is 2.86. The van der Waals surface area contributed by atoms with Crippen molar-refractivity contribution in [2.45, 2.75) is 32.4 Å². The molecule has 0 bridgehead atoms. The highest BCUT2D eigenvalue weighted by molar-refractivity contribution is 7.09. The molecule has 1 unspecified atom stereocenters. The molecule has 0 fully saturated rings. The van der Waals surface area contributed by atoms with Crippen molar-refractivity contribution in [2.24, 2.45) is 11.7 Å². The van der Waals surface area contributed by atoms with Gasteiger partial charge in [0.25, 0.3) is 0 Å². The molecule has 3 N–H and O–H groups in total. The maximum Gasteiger partial charge on any atom is 0.237 e. The maximum absolute atomic E-state index is 12.3. The van der Waals surface area contributed by atoms with Gasteiger partial charge in [-0.1, -0.05) is 43.3 Å². The van der Waals surface area contributed by atoms with Crippen molar-refractivity contribution in [1.29, 1.82) is 0 Å². The first-order valence-corrected chi connectivity index (χ1v) is 10.1. The molecule has 0 aliphatic carbocycles. The number of carbonyl (C=O) groups excluding carboxylic acids is 1. The summed E-state index contributed by atoms with van der Waals surface area (Å²) < 4.78 is 2.01. The van der Waals surface area contributed by atoms with Crippen molar-refractivity contribution in [1.82, 2.24) is 14.9 Å². The molecule has 0 aliphatic rings. The quantitative estimate of drug-likeness (QED) is 0.598. The summed E-state index contributed by atoms with van der Waals surface area (Å²) in [5, 5.41) is 5.04. The van der Waals surface area contributed by atoms with Gasteiger partial charge in [0.05, 0.1) is 18.1 Å². The lowest BCUT2D eigenvalue weighted by atomic mass is 10.1. The lowest BCUT2D eigenvalue weighted by molar-refractivity contribution is -0.122. The predicted molar refractivity (Wildman–Crippen MR) is 110 cm³/mol. The van der Waals surface area contributed by atoms with Gasteiger partial charge in [-0.05, 0) is 29.3 Å². The fourth-order valence-electron chi connectivity index (χ4n) is 2.96. The topological polar surface area (TPSA) is 72.9 Å². The van der Waals surface area contributed by atoms with Crippen molar-refractivity contribution in [3.05, 3.63) is 76.5 Å². The number of hydrogen-bond donors (Lipinski definition) is 2. The minimum atomic E-state index is -0.584. The Hall–Kier alpha value is -2.44. The Morgan fingerprint density at radius 2 is 2.04 bits per heavy atom. The molecule has 142 valence electrons. The van der Waals surface area contributed by atoms with Gasteiger partial charge < -0.3 is 15.6 Å². The van der Waals surface area contributed by atoms with Crippen LogP contribution in [-0.2, 0) is 24.2 Å². The van der Waals surface area contributed by atoms with Gasteiger partial charge in [0, 0.05) is 30.6 Å². The van der Waals surface area contributed by atoms with Gasteiger partial charge in [0.15, 0.2) is 0 Å². The molecule has 1 amide bonds. The third-order valence-electron chi connectivity index (χ3n) is 4.42. The molecule has 0 saturated carbocycles. The van der Waals surface area contributed by atoms with Crippen LogP contribution in [0.3, 0.4) is 0 Å². The van der Waals surface area contributed by atoms with Crippen LogP contribution in [0.15, 0.2) is 60.4 Å². The number of thiophene rings is 1. The summed E-state index contributed by atoms with van der Waals surface area (Å²) in [6.07, 6.45) is 5.15. The molecule has 0 spiro atoms. The molecule has 0 aliphatic heterocycles. The molecule has 2 atom stereocenters. The summed E-state index contributed by atoms with van der Waals surface area (Å²) in [5.41, 5.74) is 8.12. The standard InChI is InChI=1S/C21H26N4OS/c1-16(10-19-8-5-9-27-19)12-23-21(26)20(22)11-18-14-25(15-24-18)13-17-6-3-2-4-7-17/h2-9,14-16,20H,10-13,22H2,1H3,(H,23,26)/t16?,20-/m0/s1. The zero-order valence-corrected chi connectivity index (χ0v) is 16.4. The van der Waals surface area contributed by atoms with Crippen molar-refractivity contribution in [3.63, 3.8) is 0 Å². The number of rotatable bonds is 9. The summed E-state index contributed by atoms with van der Waals surface area (Å²) in [6.45, 7) is 3.53. The second-order valence-corrected chi connectivity index (χ2v) is 8.00. The highest BCUT2D eigenvalue weighted by Gasteiger charge is 2.16. The highest BCUT2D eigenvalue weighted by Crippen LogP contribution is 2.14. The zero-order chi connectivity index (χ0) is 19.1. The SMILES string of the molecule is CC(CNC(=O)[C@@H](N)Cc1cn(Cc2ccccc2)cn1)Cc1cccs1. The van der Waals surface area contributed by atoms with Crippen LogP contribution in [-0.4, -0.2) is 28.0 Å². The minimum absolute atomic E-state index is 0.120. The van der Waals surface area contributed by atoms with Crippen LogP contribution in [0.2, 0.25) is 0 Å². The Morgan fingerprint density at radius 1 is 1.22 bits per heavy atom. The Bertz CT molecular complexity index is 829. The Kier molecular flexibility index (Phi) is 6.79. The van der Waals surface area contributed by atoms with E-state index in [0.717, 1.165) is 18.7 Å². The van der Waals surface area contributed by atoms with E-state index < -0.39 is 6.04 Å². The molecule has 2 aromatic heterocycles. The van der Waals surface area contributed by atoms with Gasteiger partial charge in [-0.25, -0.2) is 4.98 Å². The van der Waals surface area contributed by atoms with Crippen molar-refractivity contribution < 1.29 is 4.79 Å². The van der Waals surface area contributed by atoms with Crippen LogP contribution in [0, 0.1) is 5.92 Å². The molecule has 0 radical (unpaired) electrons. The number of carbonyl (C=O) groups is 1. The Labute approximate surface area is 164 Å². The lowest BCUT2D eigenvalue weighted by Crippen LogP contribution is -2.43. The van der Waals surface area contributed by atoms with E-state index in [-0.39, 0.29) is 5.91 Å². The fourth-order valence-corrected chi connectivity index (χ4v) is 3.83. The molecular formula is C21H26N4OS. The van der Waals surface area contributed by atoms with Crippen LogP contribution in [0.5, 0.6) is 0 Å². The number of benzene rings is 1. The minimum Gasteiger partial charge on any atom is -0.354 e. The van der Waals surface area contributed by atoms with Crippen LogP contribution in [0.4, 0.5) is 0 Å².